The molecule has 0 N–H and O–H groups in total. The van der Waals surface area contributed by atoms with E-state index in [9.17, 15) is 0 Å². The zero-order valence-corrected chi connectivity index (χ0v) is 8.16. The first-order chi connectivity index (χ1) is 5.79. The van der Waals surface area contributed by atoms with E-state index in [2.05, 4.69) is 22.9 Å². The van der Waals surface area contributed by atoms with E-state index in [0.717, 1.165) is 6.54 Å². The van der Waals surface area contributed by atoms with E-state index in [1.807, 2.05) is 13.2 Å². The van der Waals surface area contributed by atoms with Gasteiger partial charge in [0.25, 0.3) is 0 Å². The minimum atomic E-state index is 0.108. The summed E-state index contributed by atoms with van der Waals surface area (Å²) in [4.78, 5) is 4.28. The molecular formula is C9H18N2O. The van der Waals surface area contributed by atoms with Crippen LogP contribution in [-0.4, -0.2) is 36.9 Å². The fourth-order valence-electron chi connectivity index (χ4n) is 1.40. The van der Waals surface area contributed by atoms with Crippen LogP contribution in [0.25, 0.3) is 0 Å². The van der Waals surface area contributed by atoms with Crippen molar-refractivity contribution in [1.82, 2.24) is 9.80 Å². The van der Waals surface area contributed by atoms with Crippen LogP contribution in [0.2, 0.25) is 0 Å². The Kier molecular flexibility index (Phi) is 3.41. The van der Waals surface area contributed by atoms with Crippen LogP contribution >= 0.6 is 0 Å². The lowest BCUT2D eigenvalue weighted by Crippen LogP contribution is -2.38. The lowest BCUT2D eigenvalue weighted by Gasteiger charge is -2.28. The van der Waals surface area contributed by atoms with E-state index in [1.54, 1.807) is 7.11 Å². The number of nitrogens with zero attached hydrogens (tertiary/aromatic N) is 2. The molecule has 0 aliphatic carbocycles. The largest absolute Gasteiger partial charge is 0.344 e. The van der Waals surface area contributed by atoms with E-state index in [1.165, 1.54) is 12.8 Å². The zero-order valence-electron chi connectivity index (χ0n) is 8.16. The number of rotatable bonds is 4. The van der Waals surface area contributed by atoms with Crippen LogP contribution < -0.4 is 0 Å². The average molecular weight is 170 g/mol. The summed E-state index contributed by atoms with van der Waals surface area (Å²) in [6.45, 7) is 3.28. The molecular weight excluding hydrogens is 152 g/mol. The molecule has 0 radical (unpaired) electrons. The average Bonchev–Trinajstić information content (AvgIpc) is 2.43. The second kappa shape index (κ2) is 4.36. The van der Waals surface area contributed by atoms with Crippen molar-refractivity contribution in [2.45, 2.75) is 26.1 Å². The van der Waals surface area contributed by atoms with Crippen molar-refractivity contribution in [3.63, 3.8) is 0 Å². The number of ether oxygens (including phenoxy) is 1. The highest BCUT2D eigenvalue weighted by Crippen LogP contribution is 2.14. The molecule has 1 unspecified atom stereocenters. The van der Waals surface area contributed by atoms with Gasteiger partial charge in [-0.1, -0.05) is 13.3 Å². The van der Waals surface area contributed by atoms with Gasteiger partial charge in [-0.15, -0.1) is 0 Å². The topological polar surface area (TPSA) is 15.7 Å². The molecule has 1 atom stereocenters. The molecule has 1 rings (SSSR count). The Morgan fingerprint density at radius 2 is 2.17 bits per heavy atom. The van der Waals surface area contributed by atoms with Crippen molar-refractivity contribution in [2.75, 3.05) is 20.7 Å². The van der Waals surface area contributed by atoms with Crippen LogP contribution in [0.5, 0.6) is 0 Å². The van der Waals surface area contributed by atoms with Gasteiger partial charge in [-0.05, 0) is 6.42 Å². The second-order valence-corrected chi connectivity index (χ2v) is 3.12. The van der Waals surface area contributed by atoms with Crippen LogP contribution in [0.1, 0.15) is 19.8 Å². The minimum Gasteiger partial charge on any atom is -0.344 e. The van der Waals surface area contributed by atoms with Crippen LogP contribution in [0, 0.1) is 0 Å². The van der Waals surface area contributed by atoms with Gasteiger partial charge >= 0.3 is 0 Å². The third-order valence-electron chi connectivity index (χ3n) is 2.11. The van der Waals surface area contributed by atoms with E-state index in [-0.39, 0.29) is 6.35 Å². The lowest BCUT2D eigenvalue weighted by molar-refractivity contribution is -0.0700. The van der Waals surface area contributed by atoms with Crippen molar-refractivity contribution in [1.29, 1.82) is 0 Å². The summed E-state index contributed by atoms with van der Waals surface area (Å²) in [7, 11) is 3.77. The van der Waals surface area contributed by atoms with Crippen molar-refractivity contribution >= 4 is 0 Å². The Bertz CT molecular complexity index is 159. The molecule has 0 fully saturated rings. The van der Waals surface area contributed by atoms with Crippen molar-refractivity contribution in [3.05, 3.63) is 12.4 Å². The molecule has 70 valence electrons. The Labute approximate surface area is 74.6 Å². The summed E-state index contributed by atoms with van der Waals surface area (Å²) >= 11 is 0. The first-order valence-corrected chi connectivity index (χ1v) is 4.48. The van der Waals surface area contributed by atoms with Gasteiger partial charge in [0.15, 0.2) is 0 Å². The summed E-state index contributed by atoms with van der Waals surface area (Å²) in [5.74, 6) is 0. The SMILES string of the molecule is CCCCN1C=CN(C)C1OC. The first-order valence-electron chi connectivity index (χ1n) is 4.48. The maximum absolute atomic E-state index is 5.32. The van der Waals surface area contributed by atoms with Gasteiger partial charge < -0.3 is 14.5 Å². The van der Waals surface area contributed by atoms with E-state index in [0.29, 0.717) is 0 Å². The van der Waals surface area contributed by atoms with Gasteiger partial charge in [0.05, 0.1) is 0 Å². The molecule has 12 heavy (non-hydrogen) atoms. The highest BCUT2D eigenvalue weighted by Gasteiger charge is 2.21. The molecule has 3 heteroatoms. The Balaban J connectivity index is 2.38. The fourth-order valence-corrected chi connectivity index (χ4v) is 1.40. The van der Waals surface area contributed by atoms with Gasteiger partial charge in [0, 0.05) is 33.1 Å². The summed E-state index contributed by atoms with van der Waals surface area (Å²) in [5.41, 5.74) is 0. The molecule has 1 aliphatic heterocycles. The van der Waals surface area contributed by atoms with Gasteiger partial charge in [-0.2, -0.15) is 0 Å². The van der Waals surface area contributed by atoms with Crippen LogP contribution in [0.15, 0.2) is 12.4 Å². The van der Waals surface area contributed by atoms with E-state index >= 15 is 0 Å². The fraction of sp³-hybridized carbons (Fsp3) is 0.778. The summed E-state index contributed by atoms with van der Waals surface area (Å²) in [6, 6.07) is 0. The lowest BCUT2D eigenvalue weighted by atomic mass is 10.3. The quantitative estimate of drug-likeness (QED) is 0.635. The Hall–Kier alpha value is -0.700. The zero-order chi connectivity index (χ0) is 8.97. The van der Waals surface area contributed by atoms with Gasteiger partial charge in [-0.3, -0.25) is 0 Å². The van der Waals surface area contributed by atoms with E-state index < -0.39 is 0 Å². The number of unbranched alkanes of at least 4 members (excludes halogenated alkanes) is 1. The molecule has 0 saturated heterocycles. The van der Waals surface area contributed by atoms with E-state index in [4.69, 9.17) is 4.74 Å². The standard InChI is InChI=1S/C9H18N2O/c1-4-5-6-11-8-7-10(2)9(11)12-3/h7-9H,4-6H2,1-3H3. The Morgan fingerprint density at radius 1 is 1.42 bits per heavy atom. The van der Waals surface area contributed by atoms with Gasteiger partial charge in [-0.25, -0.2) is 0 Å². The summed E-state index contributed by atoms with van der Waals surface area (Å²) in [5, 5.41) is 0. The molecule has 0 aromatic rings. The molecule has 0 aromatic carbocycles. The molecule has 0 saturated carbocycles. The third kappa shape index (κ3) is 1.91. The number of hydrogen-bond donors (Lipinski definition) is 0. The molecule has 1 aliphatic rings. The van der Waals surface area contributed by atoms with Crippen LogP contribution in [-0.2, 0) is 4.74 Å². The number of methoxy groups -OCH3 is 1. The highest BCUT2D eigenvalue weighted by molar-refractivity contribution is 4.91. The molecule has 0 amide bonds. The summed E-state index contributed by atoms with van der Waals surface area (Å²) < 4.78 is 5.32. The van der Waals surface area contributed by atoms with Crippen molar-refractivity contribution in [2.24, 2.45) is 0 Å². The monoisotopic (exact) mass is 170 g/mol. The third-order valence-corrected chi connectivity index (χ3v) is 2.11. The van der Waals surface area contributed by atoms with Crippen molar-refractivity contribution in [3.8, 4) is 0 Å². The molecule has 0 spiro atoms. The smallest absolute Gasteiger partial charge is 0.209 e. The van der Waals surface area contributed by atoms with Crippen LogP contribution in [0.3, 0.4) is 0 Å². The first kappa shape index (κ1) is 9.39. The second-order valence-electron chi connectivity index (χ2n) is 3.12. The Morgan fingerprint density at radius 3 is 2.75 bits per heavy atom. The minimum absolute atomic E-state index is 0.108. The molecule has 1 heterocycles. The van der Waals surface area contributed by atoms with Gasteiger partial charge in [0.2, 0.25) is 6.35 Å². The predicted octanol–water partition coefficient (Wildman–Crippen LogP) is 1.44. The van der Waals surface area contributed by atoms with Crippen molar-refractivity contribution < 1.29 is 4.74 Å². The number of hydrogen-bond acceptors (Lipinski definition) is 3. The maximum Gasteiger partial charge on any atom is 0.209 e. The normalized spacial score (nSPS) is 22.4. The molecule has 0 bridgehead atoms. The highest BCUT2D eigenvalue weighted by atomic mass is 16.5. The molecule has 0 aromatic heterocycles. The summed E-state index contributed by atoms with van der Waals surface area (Å²) in [6.07, 6.45) is 6.69. The van der Waals surface area contributed by atoms with Gasteiger partial charge in [0.1, 0.15) is 0 Å². The van der Waals surface area contributed by atoms with Crippen LogP contribution in [0.4, 0.5) is 0 Å². The molecule has 3 nitrogen and oxygen atoms in total. The maximum atomic E-state index is 5.32. The predicted molar refractivity (Wildman–Crippen MR) is 49.3 cm³/mol.